The molecule has 0 bridgehead atoms. The fraction of sp³-hybridized carbons (Fsp3) is 0.308. The minimum Gasteiger partial charge on any atom is -0.206 e. The molecule has 0 aliphatic heterocycles. The van der Waals surface area contributed by atoms with Crippen molar-refractivity contribution in [1.82, 2.24) is 0 Å². The van der Waals surface area contributed by atoms with Gasteiger partial charge in [-0.1, -0.05) is 87.2 Å². The average Bonchev–Trinajstić information content (AvgIpc) is 2.83. The van der Waals surface area contributed by atoms with Gasteiger partial charge >= 0.3 is 6.18 Å². The van der Waals surface area contributed by atoms with Crippen LogP contribution in [0.15, 0.2) is 106 Å². The van der Waals surface area contributed by atoms with Gasteiger partial charge in [-0.2, -0.15) is 21.6 Å². The molecule has 8 heteroatoms. The third kappa shape index (κ3) is 6.03. The van der Waals surface area contributed by atoms with Crippen molar-refractivity contribution in [1.29, 1.82) is 0 Å². The predicted molar refractivity (Wildman–Crippen MR) is 130 cm³/mol. The van der Waals surface area contributed by atoms with E-state index in [1.165, 1.54) is 0 Å². The highest BCUT2D eigenvalue weighted by Gasteiger charge is 2.52. The van der Waals surface area contributed by atoms with Crippen molar-refractivity contribution in [2.45, 2.75) is 65.1 Å². The van der Waals surface area contributed by atoms with Crippen molar-refractivity contribution in [3.63, 3.8) is 0 Å². The standard InChI is InChI=1S/C26H29F3O3S2/c1-2-3-4-14-21-25(26(27,28)29)34(30,31)32-33(22-15-8-5-9-16-22,23-17-10-6-11-18-23)24-19-12-7-13-20-24/h5-13,15-20,25H,2-4,14,21H2,1H3. The molecule has 0 aromatic heterocycles. The summed E-state index contributed by atoms with van der Waals surface area (Å²) < 4.78 is 74.9. The Morgan fingerprint density at radius 1 is 0.706 bits per heavy atom. The summed E-state index contributed by atoms with van der Waals surface area (Å²) in [7, 11) is -8.08. The lowest BCUT2D eigenvalue weighted by Crippen LogP contribution is -2.38. The molecule has 0 fully saturated rings. The molecule has 3 nitrogen and oxygen atoms in total. The van der Waals surface area contributed by atoms with Gasteiger partial charge in [0.15, 0.2) is 5.25 Å². The number of unbranched alkanes of at least 4 members (excludes halogenated alkanes) is 3. The third-order valence-electron chi connectivity index (χ3n) is 5.46. The molecule has 0 spiro atoms. The summed E-state index contributed by atoms with van der Waals surface area (Å²) in [4.78, 5) is 1.51. The van der Waals surface area contributed by atoms with E-state index in [9.17, 15) is 21.6 Å². The second kappa shape index (κ2) is 11.4. The highest BCUT2D eigenvalue weighted by atomic mass is 32.3. The first-order valence-electron chi connectivity index (χ1n) is 11.2. The Kier molecular flexibility index (Phi) is 8.84. The monoisotopic (exact) mass is 510 g/mol. The highest BCUT2D eigenvalue weighted by molar-refractivity contribution is 8.33. The number of alkyl halides is 3. The first-order valence-corrected chi connectivity index (χ1v) is 14.2. The number of halogens is 3. The summed E-state index contributed by atoms with van der Waals surface area (Å²) in [6.07, 6.45) is -3.19. The van der Waals surface area contributed by atoms with E-state index in [1.54, 1.807) is 91.0 Å². The predicted octanol–water partition coefficient (Wildman–Crippen LogP) is 8.13. The molecular formula is C26H29F3O3S2. The van der Waals surface area contributed by atoms with Crippen LogP contribution in [-0.2, 0) is 13.7 Å². The van der Waals surface area contributed by atoms with Gasteiger partial charge in [-0.15, -0.1) is 0 Å². The third-order valence-corrected chi connectivity index (χ3v) is 11.0. The van der Waals surface area contributed by atoms with E-state index in [0.29, 0.717) is 21.1 Å². The molecule has 0 N–H and O–H groups in total. The zero-order valence-electron chi connectivity index (χ0n) is 18.9. The zero-order chi connectivity index (χ0) is 24.7. The molecule has 3 aromatic rings. The van der Waals surface area contributed by atoms with Crippen LogP contribution >= 0.6 is 10.3 Å². The van der Waals surface area contributed by atoms with E-state index in [-0.39, 0.29) is 6.42 Å². The van der Waals surface area contributed by atoms with Gasteiger partial charge in [0.05, 0.1) is 0 Å². The second-order valence-corrected chi connectivity index (χ2v) is 12.6. The maximum absolute atomic E-state index is 14.1. The van der Waals surface area contributed by atoms with Crippen molar-refractivity contribution in [2.24, 2.45) is 0 Å². The van der Waals surface area contributed by atoms with Crippen molar-refractivity contribution in [3.05, 3.63) is 91.0 Å². The Balaban J connectivity index is 2.18. The van der Waals surface area contributed by atoms with Gasteiger partial charge in [0.25, 0.3) is 10.1 Å². The Morgan fingerprint density at radius 3 is 1.47 bits per heavy atom. The van der Waals surface area contributed by atoms with E-state index < -0.39 is 38.3 Å². The molecule has 0 saturated carbocycles. The van der Waals surface area contributed by atoms with Crippen LogP contribution in [0.1, 0.15) is 39.0 Å². The molecule has 1 unspecified atom stereocenters. The van der Waals surface area contributed by atoms with E-state index in [4.69, 9.17) is 3.63 Å². The second-order valence-electron chi connectivity index (χ2n) is 7.94. The lowest BCUT2D eigenvalue weighted by atomic mass is 10.1. The summed E-state index contributed by atoms with van der Waals surface area (Å²) >= 11 is 0. The van der Waals surface area contributed by atoms with Gasteiger partial charge in [-0.3, -0.25) is 0 Å². The summed E-state index contributed by atoms with van der Waals surface area (Å²) in [6.45, 7) is 1.94. The van der Waals surface area contributed by atoms with Gasteiger partial charge in [0.1, 0.15) is 0 Å². The topological polar surface area (TPSA) is 43.4 Å². The molecule has 1 atom stereocenters. The molecule has 3 aromatic carbocycles. The van der Waals surface area contributed by atoms with Crippen LogP contribution in [-0.4, -0.2) is 19.8 Å². The first kappa shape index (κ1) is 26.3. The Morgan fingerprint density at radius 2 is 1.12 bits per heavy atom. The number of hydrogen-bond acceptors (Lipinski definition) is 3. The summed E-state index contributed by atoms with van der Waals surface area (Å²) in [5.41, 5.74) is 0. The van der Waals surface area contributed by atoms with E-state index in [0.717, 1.165) is 12.8 Å². The average molecular weight is 511 g/mol. The summed E-state index contributed by atoms with van der Waals surface area (Å²) in [6, 6.07) is 25.9. The van der Waals surface area contributed by atoms with Crippen LogP contribution in [0.2, 0.25) is 0 Å². The smallest absolute Gasteiger partial charge is 0.206 e. The molecule has 34 heavy (non-hydrogen) atoms. The Labute approximate surface area is 201 Å². The van der Waals surface area contributed by atoms with Crippen molar-refractivity contribution < 1.29 is 25.2 Å². The van der Waals surface area contributed by atoms with Gasteiger partial charge in [-0.05, 0) is 53.1 Å². The fourth-order valence-electron chi connectivity index (χ4n) is 3.78. The van der Waals surface area contributed by atoms with Gasteiger partial charge in [0, 0.05) is 14.7 Å². The lowest BCUT2D eigenvalue weighted by Gasteiger charge is -2.40. The van der Waals surface area contributed by atoms with Crippen LogP contribution in [0.3, 0.4) is 0 Å². The van der Waals surface area contributed by atoms with Gasteiger partial charge in [-0.25, -0.2) is 3.63 Å². The van der Waals surface area contributed by atoms with E-state index in [1.807, 2.05) is 6.92 Å². The maximum atomic E-state index is 14.1. The van der Waals surface area contributed by atoms with Crippen LogP contribution in [0, 0.1) is 0 Å². The molecule has 0 amide bonds. The van der Waals surface area contributed by atoms with Crippen molar-refractivity contribution >= 4 is 20.4 Å². The molecule has 0 heterocycles. The molecular weight excluding hydrogens is 481 g/mol. The van der Waals surface area contributed by atoms with Gasteiger partial charge in [0.2, 0.25) is 0 Å². The lowest BCUT2D eigenvalue weighted by molar-refractivity contribution is -0.132. The highest BCUT2D eigenvalue weighted by Crippen LogP contribution is 2.70. The zero-order valence-corrected chi connectivity index (χ0v) is 20.6. The van der Waals surface area contributed by atoms with Crippen LogP contribution in [0.25, 0.3) is 0 Å². The number of benzene rings is 3. The molecule has 0 saturated heterocycles. The normalized spacial score (nSPS) is 14.0. The van der Waals surface area contributed by atoms with Crippen molar-refractivity contribution in [3.8, 4) is 0 Å². The number of rotatable bonds is 11. The Bertz CT molecular complexity index is 1020. The molecule has 0 radical (unpaired) electrons. The maximum Gasteiger partial charge on any atom is 0.407 e. The summed E-state index contributed by atoms with van der Waals surface area (Å²) in [5.74, 6) is 0. The van der Waals surface area contributed by atoms with E-state index >= 15 is 0 Å². The van der Waals surface area contributed by atoms with Gasteiger partial charge < -0.3 is 0 Å². The van der Waals surface area contributed by atoms with Crippen LogP contribution < -0.4 is 0 Å². The van der Waals surface area contributed by atoms with Crippen LogP contribution in [0.5, 0.6) is 0 Å². The summed E-state index contributed by atoms with van der Waals surface area (Å²) in [5, 5.41) is -2.60. The largest absolute Gasteiger partial charge is 0.407 e. The quantitative estimate of drug-likeness (QED) is 0.245. The van der Waals surface area contributed by atoms with Crippen molar-refractivity contribution in [2.75, 3.05) is 0 Å². The SMILES string of the molecule is CCCCCCC(C(F)(F)F)S(=O)(=O)OS(c1ccccc1)(c1ccccc1)c1ccccc1. The van der Waals surface area contributed by atoms with E-state index in [2.05, 4.69) is 0 Å². The molecule has 184 valence electrons. The molecule has 3 rings (SSSR count). The Hall–Kier alpha value is -2.29. The molecule has 0 aliphatic rings. The fourth-order valence-corrected chi connectivity index (χ4v) is 9.46. The first-order chi connectivity index (χ1) is 16.2. The number of hydrogen-bond donors (Lipinski definition) is 0. The minimum absolute atomic E-state index is 0.158. The minimum atomic E-state index is -5.06. The molecule has 0 aliphatic carbocycles. The van der Waals surface area contributed by atoms with Crippen LogP contribution in [0.4, 0.5) is 13.2 Å².